The third-order valence-electron chi connectivity index (χ3n) is 5.14. The normalized spacial score (nSPS) is 15.7. The first-order valence-corrected chi connectivity index (χ1v) is 9.66. The summed E-state index contributed by atoms with van der Waals surface area (Å²) in [5, 5.41) is 3.28. The van der Waals surface area contributed by atoms with Gasteiger partial charge in [-0.3, -0.25) is 4.90 Å². The van der Waals surface area contributed by atoms with Crippen LogP contribution in [0, 0.1) is 0 Å². The molecule has 1 N–H and O–H groups in total. The Labute approximate surface area is 155 Å². The first-order chi connectivity index (χ1) is 12.7. The van der Waals surface area contributed by atoms with Crippen molar-refractivity contribution in [1.29, 1.82) is 0 Å². The third kappa shape index (κ3) is 3.91. The highest BCUT2D eigenvalue weighted by atomic mass is 16.4. The molecule has 2 aromatic carbocycles. The molecule has 2 heterocycles. The van der Waals surface area contributed by atoms with E-state index >= 15 is 0 Å². The molecule has 0 amide bonds. The Morgan fingerprint density at radius 3 is 2.54 bits per heavy atom. The molecule has 4 rings (SSSR count). The van der Waals surface area contributed by atoms with E-state index in [9.17, 15) is 0 Å². The summed E-state index contributed by atoms with van der Waals surface area (Å²) in [5.74, 6) is 0.486. The lowest BCUT2D eigenvalue weighted by atomic mass is 10.0. The van der Waals surface area contributed by atoms with Gasteiger partial charge in [0.15, 0.2) is 5.58 Å². The van der Waals surface area contributed by atoms with Gasteiger partial charge in [0.2, 0.25) is 0 Å². The Morgan fingerprint density at radius 2 is 1.81 bits per heavy atom. The lowest BCUT2D eigenvalue weighted by Gasteiger charge is -2.26. The van der Waals surface area contributed by atoms with Gasteiger partial charge in [-0.2, -0.15) is 4.98 Å². The van der Waals surface area contributed by atoms with Crippen LogP contribution in [0.2, 0.25) is 0 Å². The summed E-state index contributed by atoms with van der Waals surface area (Å²) >= 11 is 0. The lowest BCUT2D eigenvalue weighted by molar-refractivity contribution is 0.221. The molecular weight excluding hydrogens is 322 g/mol. The van der Waals surface area contributed by atoms with Crippen molar-refractivity contribution in [3.8, 4) is 0 Å². The summed E-state index contributed by atoms with van der Waals surface area (Å²) < 4.78 is 5.83. The number of oxazole rings is 1. The van der Waals surface area contributed by atoms with Gasteiger partial charge in [-0.05, 0) is 67.2 Å². The summed E-state index contributed by atoms with van der Waals surface area (Å²) in [6.45, 7) is 7.86. The fraction of sp³-hybridized carbons (Fsp3) is 0.409. The fourth-order valence-electron chi connectivity index (χ4n) is 3.55. The fourth-order valence-corrected chi connectivity index (χ4v) is 3.55. The van der Waals surface area contributed by atoms with Crippen LogP contribution in [0.15, 0.2) is 46.9 Å². The van der Waals surface area contributed by atoms with Crippen LogP contribution in [-0.4, -0.2) is 23.0 Å². The van der Waals surface area contributed by atoms with Crippen LogP contribution in [0.5, 0.6) is 0 Å². The number of nitrogens with one attached hydrogen (secondary N) is 1. The van der Waals surface area contributed by atoms with E-state index in [0.29, 0.717) is 11.9 Å². The van der Waals surface area contributed by atoms with E-state index in [-0.39, 0.29) is 0 Å². The Morgan fingerprint density at radius 1 is 1.04 bits per heavy atom. The smallest absolute Gasteiger partial charge is 0.300 e. The number of aromatic nitrogens is 1. The molecule has 26 heavy (non-hydrogen) atoms. The van der Waals surface area contributed by atoms with Gasteiger partial charge >= 0.3 is 0 Å². The van der Waals surface area contributed by atoms with Gasteiger partial charge in [0.25, 0.3) is 6.01 Å². The topological polar surface area (TPSA) is 41.3 Å². The minimum Gasteiger partial charge on any atom is -0.423 e. The maximum atomic E-state index is 5.83. The molecular formula is C22H27N3O. The van der Waals surface area contributed by atoms with Crippen molar-refractivity contribution in [1.82, 2.24) is 9.88 Å². The van der Waals surface area contributed by atoms with Crippen LogP contribution in [-0.2, 0) is 6.54 Å². The number of rotatable bonds is 5. The molecule has 0 radical (unpaired) electrons. The zero-order valence-electron chi connectivity index (χ0n) is 15.7. The second kappa shape index (κ2) is 7.50. The Balaban J connectivity index is 1.44. The number of hydrogen-bond donors (Lipinski definition) is 1. The molecule has 1 aromatic heterocycles. The Kier molecular flexibility index (Phi) is 4.93. The summed E-state index contributed by atoms with van der Waals surface area (Å²) in [5.41, 5.74) is 5.36. The van der Waals surface area contributed by atoms with Gasteiger partial charge in [0.05, 0.1) is 0 Å². The van der Waals surface area contributed by atoms with Crippen LogP contribution in [0.4, 0.5) is 11.7 Å². The Hall–Kier alpha value is -2.33. The molecule has 0 atom stereocenters. The van der Waals surface area contributed by atoms with Gasteiger partial charge in [-0.25, -0.2) is 0 Å². The van der Waals surface area contributed by atoms with Crippen molar-refractivity contribution in [3.63, 3.8) is 0 Å². The van der Waals surface area contributed by atoms with E-state index in [1.165, 1.54) is 43.5 Å². The summed E-state index contributed by atoms with van der Waals surface area (Å²) in [6, 6.07) is 15.4. The molecule has 4 heteroatoms. The van der Waals surface area contributed by atoms with E-state index < -0.39 is 0 Å². The van der Waals surface area contributed by atoms with Gasteiger partial charge in [0, 0.05) is 12.2 Å². The molecule has 1 saturated heterocycles. The van der Waals surface area contributed by atoms with E-state index in [4.69, 9.17) is 4.42 Å². The molecule has 1 aliphatic heterocycles. The monoisotopic (exact) mass is 349 g/mol. The van der Waals surface area contributed by atoms with Crippen molar-refractivity contribution in [2.24, 2.45) is 0 Å². The third-order valence-corrected chi connectivity index (χ3v) is 5.14. The summed E-state index contributed by atoms with van der Waals surface area (Å²) in [6.07, 6.45) is 4.04. The van der Waals surface area contributed by atoms with Gasteiger partial charge in [0.1, 0.15) is 5.52 Å². The number of nitrogens with zero attached hydrogens (tertiary/aromatic N) is 2. The maximum absolute atomic E-state index is 5.83. The molecule has 136 valence electrons. The molecule has 3 aromatic rings. The summed E-state index contributed by atoms with van der Waals surface area (Å²) in [4.78, 5) is 7.12. The molecule has 1 fully saturated rings. The highest BCUT2D eigenvalue weighted by Gasteiger charge is 2.11. The quantitative estimate of drug-likeness (QED) is 0.643. The van der Waals surface area contributed by atoms with Crippen LogP contribution in [0.25, 0.3) is 11.1 Å². The van der Waals surface area contributed by atoms with E-state index in [2.05, 4.69) is 65.4 Å². The molecule has 0 aliphatic carbocycles. The van der Waals surface area contributed by atoms with Crippen LogP contribution in [0.1, 0.15) is 50.2 Å². The molecule has 4 nitrogen and oxygen atoms in total. The van der Waals surface area contributed by atoms with Crippen molar-refractivity contribution in [2.45, 2.75) is 45.6 Å². The molecule has 0 bridgehead atoms. The van der Waals surface area contributed by atoms with Crippen LogP contribution >= 0.6 is 0 Å². The second-order valence-corrected chi connectivity index (χ2v) is 7.56. The number of benzene rings is 2. The average Bonchev–Trinajstić information content (AvgIpc) is 3.05. The van der Waals surface area contributed by atoms with Gasteiger partial charge in [-0.15, -0.1) is 0 Å². The zero-order valence-corrected chi connectivity index (χ0v) is 15.7. The predicted octanol–water partition coefficient (Wildman–Crippen LogP) is 5.68. The largest absolute Gasteiger partial charge is 0.423 e. The number of hydrogen-bond acceptors (Lipinski definition) is 4. The number of anilines is 2. The van der Waals surface area contributed by atoms with Crippen LogP contribution in [0.3, 0.4) is 0 Å². The zero-order chi connectivity index (χ0) is 17.9. The lowest BCUT2D eigenvalue weighted by Crippen LogP contribution is -2.29. The Bertz CT molecular complexity index is 861. The second-order valence-electron chi connectivity index (χ2n) is 7.56. The highest BCUT2D eigenvalue weighted by molar-refractivity contribution is 5.76. The molecule has 0 saturated carbocycles. The number of likely N-dealkylation sites (tertiary alicyclic amines) is 1. The van der Waals surface area contributed by atoms with E-state index in [1.54, 1.807) is 0 Å². The first-order valence-electron chi connectivity index (χ1n) is 9.66. The minimum atomic E-state index is 0.486. The average molecular weight is 349 g/mol. The highest BCUT2D eigenvalue weighted by Crippen LogP contribution is 2.26. The minimum absolute atomic E-state index is 0.486. The van der Waals surface area contributed by atoms with E-state index in [1.807, 2.05) is 6.07 Å². The van der Waals surface area contributed by atoms with Crippen molar-refractivity contribution >= 4 is 22.8 Å². The van der Waals surface area contributed by atoms with Crippen molar-refractivity contribution in [2.75, 3.05) is 18.4 Å². The van der Waals surface area contributed by atoms with Crippen LogP contribution < -0.4 is 5.32 Å². The molecule has 1 aliphatic rings. The number of piperidine rings is 1. The van der Waals surface area contributed by atoms with Gasteiger partial charge in [-0.1, -0.05) is 38.5 Å². The molecule has 0 unspecified atom stereocenters. The van der Waals surface area contributed by atoms with Crippen molar-refractivity contribution in [3.05, 3.63) is 53.6 Å². The number of fused-ring (bicyclic) bond motifs is 1. The van der Waals surface area contributed by atoms with E-state index in [0.717, 1.165) is 23.3 Å². The standard InChI is InChI=1S/C22H27N3O/c1-16(2)18-8-11-21-20(14-18)24-22(26-21)23-19-9-6-17(7-10-19)15-25-12-4-3-5-13-25/h6-11,14,16H,3-5,12-13,15H2,1-2H3,(H,23,24). The molecule has 0 spiro atoms. The first kappa shape index (κ1) is 17.1. The SMILES string of the molecule is CC(C)c1ccc2oc(Nc3ccc(CN4CCCCC4)cc3)nc2c1. The summed E-state index contributed by atoms with van der Waals surface area (Å²) in [7, 11) is 0. The maximum Gasteiger partial charge on any atom is 0.300 e. The van der Waals surface area contributed by atoms with Gasteiger partial charge < -0.3 is 9.73 Å². The predicted molar refractivity (Wildman–Crippen MR) is 107 cm³/mol. The van der Waals surface area contributed by atoms with Crippen molar-refractivity contribution < 1.29 is 4.42 Å².